The molecule has 1 saturated heterocycles. The highest BCUT2D eigenvalue weighted by molar-refractivity contribution is 7.09. The number of aryl methyl sites for hydroxylation is 2. The van der Waals surface area contributed by atoms with Crippen molar-refractivity contribution < 1.29 is 14.7 Å². The predicted octanol–water partition coefficient (Wildman–Crippen LogP) is 2.22. The number of hydrogen-bond donors (Lipinski definition) is 2. The molecule has 0 aromatic carbocycles. The van der Waals surface area contributed by atoms with Gasteiger partial charge in [0, 0.05) is 36.5 Å². The van der Waals surface area contributed by atoms with Gasteiger partial charge in [0.1, 0.15) is 12.1 Å². The normalized spacial score (nSPS) is 21.9. The number of aromatic nitrogens is 4. The molecule has 2 aliphatic rings. The molecule has 2 amide bonds. The Morgan fingerprint density at radius 1 is 1.33 bits per heavy atom. The lowest BCUT2D eigenvalue weighted by molar-refractivity contribution is -0.144. The number of hydrogen-bond acceptors (Lipinski definition) is 7. The minimum absolute atomic E-state index is 0.147. The van der Waals surface area contributed by atoms with Crippen LogP contribution < -0.4 is 5.32 Å². The maximum atomic E-state index is 13.7. The van der Waals surface area contributed by atoms with E-state index in [1.54, 1.807) is 16.0 Å². The average Bonchev–Trinajstić information content (AvgIpc) is 3.13. The molecule has 0 radical (unpaired) electrons. The van der Waals surface area contributed by atoms with Crippen LogP contribution in [0, 0.1) is 12.3 Å². The molecule has 3 heterocycles. The van der Waals surface area contributed by atoms with E-state index in [2.05, 4.69) is 20.6 Å². The third kappa shape index (κ3) is 5.43. The second kappa shape index (κ2) is 9.50. The first kappa shape index (κ1) is 23.8. The van der Waals surface area contributed by atoms with Gasteiger partial charge in [0.25, 0.3) is 0 Å². The second-order valence-electron chi connectivity index (χ2n) is 10.3. The standard InChI is InChI=1S/C23H34N6O3S/c1-14-19(33-13-25-14)6-5-9-24-21(31)18-10-16(30)11-28(18)22(32)20(23(2,3)4)29-12-17(26-27-29)15-7-8-15/h12-13,15-16,18,20,30H,5-11H2,1-4H3,(H,24,31)/t16-,18+,20-/m1/s1. The van der Waals surface area contributed by atoms with Crippen molar-refractivity contribution in [2.45, 2.75) is 83.9 Å². The smallest absolute Gasteiger partial charge is 0.248 e. The van der Waals surface area contributed by atoms with Crippen molar-refractivity contribution in [1.29, 1.82) is 0 Å². The van der Waals surface area contributed by atoms with Gasteiger partial charge in [-0.15, -0.1) is 16.4 Å². The molecule has 2 aromatic rings. The number of β-amino-alcohol motifs (C(OH)–C–C–N with tert-alkyl or cyclic N) is 1. The largest absolute Gasteiger partial charge is 0.391 e. The van der Waals surface area contributed by atoms with Crippen molar-refractivity contribution in [1.82, 2.24) is 30.2 Å². The first-order valence-corrected chi connectivity index (χ1v) is 12.6. The molecule has 1 saturated carbocycles. The summed E-state index contributed by atoms with van der Waals surface area (Å²) < 4.78 is 1.65. The van der Waals surface area contributed by atoms with Crippen molar-refractivity contribution in [2.75, 3.05) is 13.1 Å². The second-order valence-corrected chi connectivity index (χ2v) is 11.3. The maximum absolute atomic E-state index is 13.7. The Kier molecular flexibility index (Phi) is 6.86. The van der Waals surface area contributed by atoms with E-state index in [1.807, 2.05) is 39.4 Å². The Bertz CT molecular complexity index is 992. The molecule has 1 aliphatic carbocycles. The molecule has 4 rings (SSSR count). The lowest BCUT2D eigenvalue weighted by Crippen LogP contribution is -2.50. The quantitative estimate of drug-likeness (QED) is 0.567. The Balaban J connectivity index is 1.42. The van der Waals surface area contributed by atoms with Crippen LogP contribution in [-0.4, -0.2) is 67.0 Å². The predicted molar refractivity (Wildman–Crippen MR) is 125 cm³/mol. The molecular weight excluding hydrogens is 440 g/mol. The molecule has 2 N–H and O–H groups in total. The van der Waals surface area contributed by atoms with E-state index in [-0.39, 0.29) is 24.8 Å². The van der Waals surface area contributed by atoms with Gasteiger partial charge in [-0.2, -0.15) is 0 Å². The summed E-state index contributed by atoms with van der Waals surface area (Å²) >= 11 is 1.63. The minimum Gasteiger partial charge on any atom is -0.391 e. The molecule has 0 unspecified atom stereocenters. The number of aliphatic hydroxyl groups excluding tert-OH is 1. The number of nitrogens with zero attached hydrogens (tertiary/aromatic N) is 5. The fourth-order valence-electron chi connectivity index (χ4n) is 4.47. The lowest BCUT2D eigenvalue weighted by atomic mass is 9.85. The molecule has 0 bridgehead atoms. The van der Waals surface area contributed by atoms with Crippen molar-refractivity contribution >= 4 is 23.2 Å². The summed E-state index contributed by atoms with van der Waals surface area (Å²) in [5.74, 6) is 0.0212. The summed E-state index contributed by atoms with van der Waals surface area (Å²) in [5, 5.41) is 21.8. The van der Waals surface area contributed by atoms with Crippen LogP contribution in [0.15, 0.2) is 11.7 Å². The Morgan fingerprint density at radius 2 is 2.09 bits per heavy atom. The average molecular weight is 475 g/mol. The highest BCUT2D eigenvalue weighted by Gasteiger charge is 2.45. The zero-order valence-corrected chi connectivity index (χ0v) is 20.6. The van der Waals surface area contributed by atoms with Crippen molar-refractivity contribution in [2.24, 2.45) is 5.41 Å². The highest BCUT2D eigenvalue weighted by Crippen LogP contribution is 2.40. The summed E-state index contributed by atoms with van der Waals surface area (Å²) in [5.41, 5.74) is 3.35. The molecule has 180 valence electrons. The van der Waals surface area contributed by atoms with Crippen LogP contribution >= 0.6 is 11.3 Å². The van der Waals surface area contributed by atoms with E-state index in [9.17, 15) is 14.7 Å². The third-order valence-corrected chi connectivity index (χ3v) is 7.43. The van der Waals surface area contributed by atoms with E-state index in [4.69, 9.17) is 0 Å². The topological polar surface area (TPSA) is 113 Å². The van der Waals surface area contributed by atoms with Gasteiger partial charge in [-0.3, -0.25) is 9.59 Å². The third-order valence-electron chi connectivity index (χ3n) is 6.43. The Morgan fingerprint density at radius 3 is 2.73 bits per heavy atom. The van der Waals surface area contributed by atoms with Gasteiger partial charge in [0.2, 0.25) is 11.8 Å². The summed E-state index contributed by atoms with van der Waals surface area (Å²) in [4.78, 5) is 33.7. The molecule has 2 fully saturated rings. The molecule has 9 nitrogen and oxygen atoms in total. The zero-order chi connectivity index (χ0) is 23.8. The minimum atomic E-state index is -0.720. The van der Waals surface area contributed by atoms with Crippen LogP contribution in [0.3, 0.4) is 0 Å². The van der Waals surface area contributed by atoms with Gasteiger partial charge in [-0.25, -0.2) is 9.67 Å². The first-order chi connectivity index (χ1) is 15.6. The van der Waals surface area contributed by atoms with Crippen LogP contribution in [-0.2, 0) is 16.0 Å². The number of thiazole rings is 1. The number of rotatable bonds is 8. The summed E-state index contributed by atoms with van der Waals surface area (Å²) in [6.07, 6.45) is 5.26. The molecule has 2 aromatic heterocycles. The number of likely N-dealkylation sites (tertiary alicyclic amines) is 1. The van der Waals surface area contributed by atoms with Gasteiger partial charge >= 0.3 is 0 Å². The van der Waals surface area contributed by atoms with Crippen molar-refractivity contribution in [3.63, 3.8) is 0 Å². The SMILES string of the molecule is Cc1ncsc1CCCNC(=O)[C@@H]1C[C@@H](O)CN1C(=O)[C@@H](n1cc(C2CC2)nn1)C(C)(C)C. The Hall–Kier alpha value is -2.33. The number of carbonyl (C=O) groups is 2. The highest BCUT2D eigenvalue weighted by atomic mass is 32.1. The lowest BCUT2D eigenvalue weighted by Gasteiger charge is -2.34. The van der Waals surface area contributed by atoms with Crippen LogP contribution in [0.25, 0.3) is 0 Å². The van der Waals surface area contributed by atoms with E-state index in [0.29, 0.717) is 12.5 Å². The van der Waals surface area contributed by atoms with Crippen LogP contribution in [0.2, 0.25) is 0 Å². The van der Waals surface area contributed by atoms with E-state index in [0.717, 1.165) is 37.1 Å². The number of amides is 2. The van der Waals surface area contributed by atoms with Crippen LogP contribution in [0.1, 0.15) is 74.7 Å². The van der Waals surface area contributed by atoms with Gasteiger partial charge in [-0.1, -0.05) is 26.0 Å². The van der Waals surface area contributed by atoms with Gasteiger partial charge in [-0.05, 0) is 38.0 Å². The van der Waals surface area contributed by atoms with Crippen molar-refractivity contribution in [3.05, 3.63) is 28.0 Å². The summed E-state index contributed by atoms with van der Waals surface area (Å²) in [6.45, 7) is 8.60. The number of carbonyl (C=O) groups excluding carboxylic acids is 2. The number of nitrogens with one attached hydrogen (secondary N) is 1. The molecule has 10 heteroatoms. The van der Waals surface area contributed by atoms with Crippen LogP contribution in [0.5, 0.6) is 0 Å². The molecule has 3 atom stereocenters. The van der Waals surface area contributed by atoms with E-state index < -0.39 is 23.6 Å². The molecule has 1 aliphatic heterocycles. The fourth-order valence-corrected chi connectivity index (χ4v) is 5.29. The Labute approximate surface area is 198 Å². The summed E-state index contributed by atoms with van der Waals surface area (Å²) in [6, 6.07) is -1.29. The van der Waals surface area contributed by atoms with E-state index >= 15 is 0 Å². The van der Waals surface area contributed by atoms with Gasteiger partial charge in [0.15, 0.2) is 0 Å². The van der Waals surface area contributed by atoms with Gasteiger partial charge in [0.05, 0.1) is 23.0 Å². The summed E-state index contributed by atoms with van der Waals surface area (Å²) in [7, 11) is 0. The number of aliphatic hydroxyl groups is 1. The van der Waals surface area contributed by atoms with Crippen molar-refractivity contribution in [3.8, 4) is 0 Å². The van der Waals surface area contributed by atoms with Crippen LogP contribution in [0.4, 0.5) is 0 Å². The monoisotopic (exact) mass is 474 g/mol. The first-order valence-electron chi connectivity index (χ1n) is 11.7. The molecular formula is C23H34N6O3S. The molecule has 33 heavy (non-hydrogen) atoms. The maximum Gasteiger partial charge on any atom is 0.248 e. The zero-order valence-electron chi connectivity index (χ0n) is 19.8. The van der Waals surface area contributed by atoms with E-state index in [1.165, 1.54) is 9.78 Å². The molecule has 0 spiro atoms. The van der Waals surface area contributed by atoms with Gasteiger partial charge < -0.3 is 15.3 Å². The fraction of sp³-hybridized carbons (Fsp3) is 0.696.